The normalized spacial score (nSPS) is 10.1. The number of carbonyl (C=O) groups is 1. The number of benzene rings is 2. The lowest BCUT2D eigenvalue weighted by Crippen LogP contribution is -2.17. The molecule has 2 aromatic rings. The van der Waals surface area contributed by atoms with Crippen molar-refractivity contribution in [2.45, 2.75) is 0 Å². The van der Waals surface area contributed by atoms with Crippen LogP contribution in [0.2, 0.25) is 0 Å². The van der Waals surface area contributed by atoms with E-state index in [1.54, 1.807) is 24.3 Å². The predicted octanol–water partition coefficient (Wildman–Crippen LogP) is 3.23. The van der Waals surface area contributed by atoms with Gasteiger partial charge >= 0.3 is 6.09 Å². The van der Waals surface area contributed by atoms with Crippen LogP contribution in [0.1, 0.15) is 0 Å². The fourth-order valence-corrected chi connectivity index (χ4v) is 1.59. The Morgan fingerprint density at radius 3 is 2.32 bits per heavy atom. The predicted molar refractivity (Wildman–Crippen MR) is 73.9 cm³/mol. The number of primary amides is 1. The van der Waals surface area contributed by atoms with Gasteiger partial charge < -0.3 is 19.9 Å². The fraction of sp³-hybridized carbons (Fsp3) is 0.133. The molecule has 0 fully saturated rings. The third-order valence-electron chi connectivity index (χ3n) is 2.54. The van der Waals surface area contributed by atoms with E-state index in [1.165, 1.54) is 6.07 Å². The SMILES string of the molecule is NC(=O)OCCOc1ccc(Oc2ccc(F)cc2F)cc1. The van der Waals surface area contributed by atoms with Crippen LogP contribution in [0, 0.1) is 11.6 Å². The summed E-state index contributed by atoms with van der Waals surface area (Å²) in [7, 11) is 0. The molecule has 0 saturated carbocycles. The highest BCUT2D eigenvalue weighted by atomic mass is 19.1. The molecule has 7 heteroatoms. The lowest BCUT2D eigenvalue weighted by Gasteiger charge is -2.09. The number of rotatable bonds is 6. The van der Waals surface area contributed by atoms with Crippen LogP contribution in [0.3, 0.4) is 0 Å². The zero-order valence-corrected chi connectivity index (χ0v) is 11.4. The molecule has 1 amide bonds. The molecule has 0 spiro atoms. The van der Waals surface area contributed by atoms with Gasteiger partial charge in [-0.3, -0.25) is 0 Å². The third kappa shape index (κ3) is 4.62. The van der Waals surface area contributed by atoms with Gasteiger partial charge in [-0.05, 0) is 36.4 Å². The minimum Gasteiger partial charge on any atom is -0.490 e. The zero-order chi connectivity index (χ0) is 15.9. The summed E-state index contributed by atoms with van der Waals surface area (Å²) in [5.41, 5.74) is 4.80. The summed E-state index contributed by atoms with van der Waals surface area (Å²) in [6.45, 7) is 0.185. The van der Waals surface area contributed by atoms with Gasteiger partial charge in [-0.1, -0.05) is 0 Å². The smallest absolute Gasteiger partial charge is 0.404 e. The van der Waals surface area contributed by atoms with Crippen LogP contribution in [0.25, 0.3) is 0 Å². The van der Waals surface area contributed by atoms with Gasteiger partial charge in [-0.25, -0.2) is 13.6 Å². The molecular weight excluding hydrogens is 296 g/mol. The summed E-state index contributed by atoms with van der Waals surface area (Å²) in [5, 5.41) is 0. The summed E-state index contributed by atoms with van der Waals surface area (Å²) in [5.74, 6) is -0.660. The minimum absolute atomic E-state index is 0.0361. The van der Waals surface area contributed by atoms with Crippen LogP contribution in [-0.4, -0.2) is 19.3 Å². The molecule has 116 valence electrons. The van der Waals surface area contributed by atoms with E-state index in [9.17, 15) is 13.6 Å². The Balaban J connectivity index is 1.90. The van der Waals surface area contributed by atoms with Crippen LogP contribution in [-0.2, 0) is 4.74 Å². The fourth-order valence-electron chi connectivity index (χ4n) is 1.59. The lowest BCUT2D eigenvalue weighted by molar-refractivity contribution is 0.134. The molecule has 0 atom stereocenters. The Hall–Kier alpha value is -2.83. The second-order valence-electron chi connectivity index (χ2n) is 4.16. The van der Waals surface area contributed by atoms with E-state index >= 15 is 0 Å². The lowest BCUT2D eigenvalue weighted by atomic mass is 10.3. The average Bonchev–Trinajstić information content (AvgIpc) is 2.48. The maximum atomic E-state index is 13.4. The highest BCUT2D eigenvalue weighted by Gasteiger charge is 2.06. The van der Waals surface area contributed by atoms with Crippen molar-refractivity contribution in [1.82, 2.24) is 0 Å². The summed E-state index contributed by atoms with van der Waals surface area (Å²) in [4.78, 5) is 10.4. The van der Waals surface area contributed by atoms with Crippen LogP contribution in [0.5, 0.6) is 17.2 Å². The van der Waals surface area contributed by atoms with Crippen molar-refractivity contribution >= 4 is 6.09 Å². The Kier molecular flexibility index (Phi) is 5.13. The van der Waals surface area contributed by atoms with Crippen molar-refractivity contribution in [3.63, 3.8) is 0 Å². The van der Waals surface area contributed by atoms with Gasteiger partial charge in [0.1, 0.15) is 30.5 Å². The molecule has 0 aliphatic heterocycles. The first-order valence-corrected chi connectivity index (χ1v) is 6.32. The number of hydrogen-bond acceptors (Lipinski definition) is 4. The highest BCUT2D eigenvalue weighted by molar-refractivity contribution is 5.64. The second kappa shape index (κ2) is 7.26. The first-order chi connectivity index (χ1) is 10.5. The number of hydrogen-bond donors (Lipinski definition) is 1. The maximum absolute atomic E-state index is 13.4. The quantitative estimate of drug-likeness (QED) is 0.832. The van der Waals surface area contributed by atoms with E-state index in [2.05, 4.69) is 4.74 Å². The molecule has 22 heavy (non-hydrogen) atoms. The molecule has 0 radical (unpaired) electrons. The number of carbonyl (C=O) groups excluding carboxylic acids is 1. The summed E-state index contributed by atoms with van der Waals surface area (Å²) >= 11 is 0. The standard InChI is InChI=1S/C15H13F2NO4/c16-10-1-6-14(13(17)9-10)22-12-4-2-11(3-5-12)20-7-8-21-15(18)19/h1-6,9H,7-8H2,(H2,18,19). The van der Waals surface area contributed by atoms with Gasteiger partial charge in [0.2, 0.25) is 0 Å². The van der Waals surface area contributed by atoms with Crippen molar-refractivity contribution in [3.8, 4) is 17.2 Å². The second-order valence-corrected chi connectivity index (χ2v) is 4.16. The monoisotopic (exact) mass is 309 g/mol. The van der Waals surface area contributed by atoms with E-state index in [0.29, 0.717) is 11.5 Å². The summed E-state index contributed by atoms with van der Waals surface area (Å²) in [6.07, 6.45) is -0.867. The molecular formula is C15H13F2NO4. The minimum atomic E-state index is -0.867. The van der Waals surface area contributed by atoms with Crippen LogP contribution < -0.4 is 15.2 Å². The van der Waals surface area contributed by atoms with Gasteiger partial charge in [-0.15, -0.1) is 0 Å². The van der Waals surface area contributed by atoms with Gasteiger partial charge in [0.25, 0.3) is 0 Å². The topological polar surface area (TPSA) is 70.8 Å². The molecule has 2 rings (SSSR count). The van der Waals surface area contributed by atoms with Gasteiger partial charge in [0.15, 0.2) is 11.6 Å². The van der Waals surface area contributed by atoms with Crippen molar-refractivity contribution in [2.24, 2.45) is 5.73 Å². The van der Waals surface area contributed by atoms with Gasteiger partial charge in [-0.2, -0.15) is 0 Å². The number of halogens is 2. The Morgan fingerprint density at radius 2 is 1.68 bits per heavy atom. The Bertz CT molecular complexity index is 646. The molecule has 0 bridgehead atoms. The number of nitrogens with two attached hydrogens (primary N) is 1. The van der Waals surface area contributed by atoms with E-state index in [-0.39, 0.29) is 19.0 Å². The van der Waals surface area contributed by atoms with Crippen LogP contribution >= 0.6 is 0 Å². The molecule has 0 unspecified atom stereocenters. The molecule has 0 aliphatic carbocycles. The van der Waals surface area contributed by atoms with Crippen LogP contribution in [0.15, 0.2) is 42.5 Å². The molecule has 2 aromatic carbocycles. The summed E-state index contributed by atoms with van der Waals surface area (Å²) in [6, 6.07) is 9.37. The van der Waals surface area contributed by atoms with E-state index in [1.807, 2.05) is 0 Å². The van der Waals surface area contributed by atoms with E-state index in [0.717, 1.165) is 12.1 Å². The van der Waals surface area contributed by atoms with Gasteiger partial charge in [0.05, 0.1) is 0 Å². The first kappa shape index (κ1) is 15.6. The van der Waals surface area contributed by atoms with Crippen molar-refractivity contribution in [3.05, 3.63) is 54.1 Å². The Labute approximate surface area is 125 Å². The molecule has 0 heterocycles. The third-order valence-corrected chi connectivity index (χ3v) is 2.54. The molecule has 0 aliphatic rings. The number of amides is 1. The molecule has 0 aromatic heterocycles. The summed E-state index contributed by atoms with van der Waals surface area (Å²) < 4.78 is 41.3. The number of ether oxygens (including phenoxy) is 3. The van der Waals surface area contributed by atoms with Crippen molar-refractivity contribution < 1.29 is 27.8 Å². The van der Waals surface area contributed by atoms with Crippen LogP contribution in [0.4, 0.5) is 13.6 Å². The molecule has 5 nitrogen and oxygen atoms in total. The maximum Gasteiger partial charge on any atom is 0.404 e. The van der Waals surface area contributed by atoms with Crippen molar-refractivity contribution in [2.75, 3.05) is 13.2 Å². The highest BCUT2D eigenvalue weighted by Crippen LogP contribution is 2.26. The Morgan fingerprint density at radius 1 is 1.00 bits per heavy atom. The first-order valence-electron chi connectivity index (χ1n) is 6.32. The molecule has 0 saturated heterocycles. The van der Waals surface area contributed by atoms with E-state index in [4.69, 9.17) is 15.2 Å². The molecule has 2 N–H and O–H groups in total. The van der Waals surface area contributed by atoms with Crippen molar-refractivity contribution in [1.29, 1.82) is 0 Å². The average molecular weight is 309 g/mol. The largest absolute Gasteiger partial charge is 0.490 e. The zero-order valence-electron chi connectivity index (χ0n) is 11.4. The van der Waals surface area contributed by atoms with Gasteiger partial charge in [0, 0.05) is 6.07 Å². The van der Waals surface area contributed by atoms with E-state index < -0.39 is 17.7 Å².